The van der Waals surface area contributed by atoms with Gasteiger partial charge in [-0.05, 0) is 44.2 Å². The summed E-state index contributed by atoms with van der Waals surface area (Å²) in [5, 5.41) is 9.73. The Balaban J connectivity index is 2.17. The zero-order chi connectivity index (χ0) is 10.2. The summed E-state index contributed by atoms with van der Waals surface area (Å²) in [6.45, 7) is 3.52. The molecule has 2 nitrogen and oxygen atoms in total. The minimum absolute atomic E-state index is 0.721. The van der Waals surface area contributed by atoms with E-state index in [1.54, 1.807) is 13.8 Å². The van der Waals surface area contributed by atoms with E-state index in [4.69, 9.17) is 0 Å². The van der Waals surface area contributed by atoms with Gasteiger partial charge in [-0.25, -0.2) is 0 Å². The van der Waals surface area contributed by atoms with Crippen molar-refractivity contribution in [2.24, 2.45) is 0 Å². The van der Waals surface area contributed by atoms with Crippen molar-refractivity contribution in [3.05, 3.63) is 29.6 Å². The van der Waals surface area contributed by atoms with Crippen LogP contribution in [0.3, 0.4) is 0 Å². The monoisotopic (exact) mass is 191 g/mol. The first kappa shape index (κ1) is 9.66. The molecule has 0 saturated heterocycles. The normalized spacial score (nSPS) is 17.9. The summed E-state index contributed by atoms with van der Waals surface area (Å²) in [6, 6.07) is 4.04. The quantitative estimate of drug-likeness (QED) is 0.779. The van der Waals surface area contributed by atoms with E-state index in [9.17, 15) is 5.11 Å². The number of pyridine rings is 1. The van der Waals surface area contributed by atoms with Crippen LogP contribution in [-0.4, -0.2) is 10.1 Å². The maximum atomic E-state index is 9.73. The molecule has 1 aliphatic carbocycles. The highest BCUT2D eigenvalue weighted by molar-refractivity contribution is 5.22. The molecule has 0 radical (unpaired) electrons. The van der Waals surface area contributed by atoms with Crippen molar-refractivity contribution < 1.29 is 5.11 Å². The molecule has 1 aromatic rings. The van der Waals surface area contributed by atoms with E-state index in [0.717, 1.165) is 11.6 Å². The van der Waals surface area contributed by atoms with Crippen LogP contribution in [0, 0.1) is 0 Å². The van der Waals surface area contributed by atoms with Gasteiger partial charge in [0.15, 0.2) is 0 Å². The van der Waals surface area contributed by atoms with Crippen LogP contribution in [0.5, 0.6) is 0 Å². The lowest BCUT2D eigenvalue weighted by Crippen LogP contribution is -2.18. The summed E-state index contributed by atoms with van der Waals surface area (Å²) < 4.78 is 0. The zero-order valence-electron chi connectivity index (χ0n) is 8.83. The van der Waals surface area contributed by atoms with Crippen molar-refractivity contribution in [3.63, 3.8) is 0 Å². The van der Waals surface area contributed by atoms with Crippen LogP contribution in [0.1, 0.15) is 50.3 Å². The van der Waals surface area contributed by atoms with Gasteiger partial charge in [-0.2, -0.15) is 0 Å². The minimum atomic E-state index is -0.821. The van der Waals surface area contributed by atoms with Gasteiger partial charge in [0.05, 0.1) is 5.69 Å². The van der Waals surface area contributed by atoms with Crippen LogP contribution >= 0.6 is 0 Å². The molecule has 0 aromatic carbocycles. The molecule has 1 fully saturated rings. The molecule has 1 saturated carbocycles. The Labute approximate surface area is 85.0 Å². The molecule has 1 aliphatic rings. The van der Waals surface area contributed by atoms with Gasteiger partial charge in [-0.15, -0.1) is 0 Å². The Morgan fingerprint density at radius 1 is 1.36 bits per heavy atom. The lowest BCUT2D eigenvalue weighted by Gasteiger charge is -2.26. The standard InChI is InChI=1S/C12H17NO/c1-12(2,14)11-7-6-10(8-13-11)9-4-3-5-9/h6-9,14H,3-5H2,1-2H3. The van der Waals surface area contributed by atoms with Crippen LogP contribution < -0.4 is 0 Å². The molecule has 1 aromatic heterocycles. The lowest BCUT2D eigenvalue weighted by molar-refractivity contribution is 0.0738. The van der Waals surface area contributed by atoms with E-state index in [2.05, 4.69) is 11.1 Å². The molecule has 0 atom stereocenters. The molecular formula is C12H17NO. The van der Waals surface area contributed by atoms with Gasteiger partial charge < -0.3 is 5.11 Å². The number of aliphatic hydroxyl groups is 1. The fourth-order valence-corrected chi connectivity index (χ4v) is 1.75. The van der Waals surface area contributed by atoms with Gasteiger partial charge in [0.25, 0.3) is 0 Å². The highest BCUT2D eigenvalue weighted by Crippen LogP contribution is 2.36. The summed E-state index contributed by atoms with van der Waals surface area (Å²) in [7, 11) is 0. The largest absolute Gasteiger partial charge is 0.384 e. The van der Waals surface area contributed by atoms with E-state index < -0.39 is 5.60 Å². The van der Waals surface area contributed by atoms with E-state index in [1.165, 1.54) is 24.8 Å². The first-order valence-corrected chi connectivity index (χ1v) is 5.26. The van der Waals surface area contributed by atoms with Gasteiger partial charge in [0, 0.05) is 6.20 Å². The topological polar surface area (TPSA) is 33.1 Å². The Morgan fingerprint density at radius 2 is 2.07 bits per heavy atom. The first-order chi connectivity index (χ1) is 6.57. The Bertz CT molecular complexity index is 306. The van der Waals surface area contributed by atoms with Gasteiger partial charge >= 0.3 is 0 Å². The molecule has 1 heterocycles. The summed E-state index contributed by atoms with van der Waals surface area (Å²) in [6.07, 6.45) is 5.85. The first-order valence-electron chi connectivity index (χ1n) is 5.26. The van der Waals surface area contributed by atoms with Crippen molar-refractivity contribution in [1.82, 2.24) is 4.98 Å². The number of rotatable bonds is 2. The highest BCUT2D eigenvalue weighted by Gasteiger charge is 2.21. The second kappa shape index (κ2) is 3.35. The molecule has 0 unspecified atom stereocenters. The lowest BCUT2D eigenvalue weighted by atomic mass is 9.80. The second-order valence-corrected chi connectivity index (χ2v) is 4.66. The van der Waals surface area contributed by atoms with E-state index >= 15 is 0 Å². The molecule has 76 valence electrons. The van der Waals surface area contributed by atoms with Gasteiger partial charge in [0.1, 0.15) is 5.60 Å². The summed E-state index contributed by atoms with van der Waals surface area (Å²) in [5.74, 6) is 0.721. The van der Waals surface area contributed by atoms with Crippen LogP contribution in [-0.2, 0) is 5.60 Å². The van der Waals surface area contributed by atoms with Crippen LogP contribution in [0.4, 0.5) is 0 Å². The highest BCUT2D eigenvalue weighted by atomic mass is 16.3. The van der Waals surface area contributed by atoms with Crippen LogP contribution in [0.2, 0.25) is 0 Å². The molecule has 2 heteroatoms. The molecular weight excluding hydrogens is 174 g/mol. The predicted molar refractivity (Wildman–Crippen MR) is 56.1 cm³/mol. The molecule has 0 spiro atoms. The van der Waals surface area contributed by atoms with Crippen molar-refractivity contribution in [1.29, 1.82) is 0 Å². The summed E-state index contributed by atoms with van der Waals surface area (Å²) >= 11 is 0. The fourth-order valence-electron chi connectivity index (χ4n) is 1.75. The van der Waals surface area contributed by atoms with Gasteiger partial charge in [-0.1, -0.05) is 12.5 Å². The average Bonchev–Trinajstić information content (AvgIpc) is 2.00. The average molecular weight is 191 g/mol. The summed E-state index contributed by atoms with van der Waals surface area (Å²) in [5.41, 5.74) is 1.25. The SMILES string of the molecule is CC(C)(O)c1ccc(C2CCC2)cn1. The third kappa shape index (κ3) is 1.80. The molecule has 2 rings (SSSR count). The third-order valence-electron chi connectivity index (χ3n) is 2.99. The van der Waals surface area contributed by atoms with E-state index in [1.807, 2.05) is 12.3 Å². The van der Waals surface area contributed by atoms with E-state index in [-0.39, 0.29) is 0 Å². The van der Waals surface area contributed by atoms with Crippen LogP contribution in [0.25, 0.3) is 0 Å². The Kier molecular flexibility index (Phi) is 2.31. The smallest absolute Gasteiger partial charge is 0.101 e. The second-order valence-electron chi connectivity index (χ2n) is 4.66. The molecule has 14 heavy (non-hydrogen) atoms. The van der Waals surface area contributed by atoms with Crippen molar-refractivity contribution >= 4 is 0 Å². The Morgan fingerprint density at radius 3 is 2.43 bits per heavy atom. The Hall–Kier alpha value is -0.890. The summed E-state index contributed by atoms with van der Waals surface area (Å²) in [4.78, 5) is 4.30. The maximum Gasteiger partial charge on any atom is 0.101 e. The maximum absolute atomic E-state index is 9.73. The van der Waals surface area contributed by atoms with Crippen molar-refractivity contribution in [2.75, 3.05) is 0 Å². The van der Waals surface area contributed by atoms with Gasteiger partial charge in [-0.3, -0.25) is 4.98 Å². The zero-order valence-corrected chi connectivity index (χ0v) is 8.83. The van der Waals surface area contributed by atoms with E-state index in [0.29, 0.717) is 0 Å². The predicted octanol–water partition coefficient (Wildman–Crippen LogP) is 2.58. The number of aromatic nitrogens is 1. The van der Waals surface area contributed by atoms with Crippen molar-refractivity contribution in [3.8, 4) is 0 Å². The third-order valence-corrected chi connectivity index (χ3v) is 2.99. The number of hydrogen-bond acceptors (Lipinski definition) is 2. The molecule has 0 amide bonds. The molecule has 0 aliphatic heterocycles. The number of hydrogen-bond donors (Lipinski definition) is 1. The molecule has 1 N–H and O–H groups in total. The number of nitrogens with zero attached hydrogens (tertiary/aromatic N) is 1. The minimum Gasteiger partial charge on any atom is -0.384 e. The fraction of sp³-hybridized carbons (Fsp3) is 0.583. The van der Waals surface area contributed by atoms with Crippen molar-refractivity contribution in [2.45, 2.75) is 44.6 Å². The molecule has 0 bridgehead atoms. The van der Waals surface area contributed by atoms with Gasteiger partial charge in [0.2, 0.25) is 0 Å². The van der Waals surface area contributed by atoms with Crippen LogP contribution in [0.15, 0.2) is 18.3 Å².